The number of hydrogen-bond donors (Lipinski definition) is 1. The fourth-order valence-electron chi connectivity index (χ4n) is 5.39. The van der Waals surface area contributed by atoms with Gasteiger partial charge < -0.3 is 47.9 Å². The van der Waals surface area contributed by atoms with Gasteiger partial charge in [0.2, 0.25) is 0 Å². The SMILES string of the molecule is CO[C@H]1O[C@H](COC(C)=O)[C@H](OC(C)=O)[C@@H](N[C@H]2C[C@H](COC(C)=O)[C@@H](OC(C)=O)[C@H](OC(C)=O)[C@H]2OC(C)=O)[C@H]1OC(C)=O. The number of rotatable bonds is 12. The van der Waals surface area contributed by atoms with E-state index < -0.39 is 109 Å². The van der Waals surface area contributed by atoms with Gasteiger partial charge in [-0.25, -0.2) is 0 Å². The Bertz CT molecular complexity index is 1110. The molecular weight excluding hydrogens is 606 g/mol. The average Bonchev–Trinajstić information content (AvgIpc) is 2.90. The quantitative estimate of drug-likeness (QED) is 0.208. The van der Waals surface area contributed by atoms with Crippen LogP contribution in [0.15, 0.2) is 0 Å². The minimum atomic E-state index is -1.41. The van der Waals surface area contributed by atoms with Crippen molar-refractivity contribution in [3.63, 3.8) is 0 Å². The number of esters is 7. The Hall–Kier alpha value is -3.83. The van der Waals surface area contributed by atoms with Gasteiger partial charge in [0.15, 0.2) is 30.7 Å². The summed E-state index contributed by atoms with van der Waals surface area (Å²) in [5.74, 6) is -5.96. The second-order valence-electron chi connectivity index (χ2n) is 10.5. The number of ether oxygens (including phenoxy) is 9. The van der Waals surface area contributed by atoms with Crippen molar-refractivity contribution in [1.82, 2.24) is 5.32 Å². The van der Waals surface area contributed by atoms with Crippen molar-refractivity contribution in [2.45, 2.75) is 110 Å². The molecule has 0 unspecified atom stereocenters. The Morgan fingerprint density at radius 1 is 0.578 bits per heavy atom. The summed E-state index contributed by atoms with van der Waals surface area (Å²) in [5, 5.41) is 3.20. The zero-order valence-electron chi connectivity index (χ0n) is 26.4. The molecule has 0 aromatic rings. The van der Waals surface area contributed by atoms with Gasteiger partial charge >= 0.3 is 41.8 Å². The molecule has 17 nitrogen and oxygen atoms in total. The molecule has 1 heterocycles. The lowest BCUT2D eigenvalue weighted by Gasteiger charge is -2.49. The maximum absolute atomic E-state index is 12.3. The van der Waals surface area contributed by atoms with E-state index in [1.165, 1.54) is 21.0 Å². The van der Waals surface area contributed by atoms with Crippen LogP contribution in [0.3, 0.4) is 0 Å². The highest BCUT2D eigenvalue weighted by Gasteiger charge is 2.56. The van der Waals surface area contributed by atoms with Crippen molar-refractivity contribution in [3.05, 3.63) is 0 Å². The van der Waals surface area contributed by atoms with Gasteiger partial charge in [-0.15, -0.1) is 0 Å². The van der Waals surface area contributed by atoms with Gasteiger partial charge in [-0.2, -0.15) is 0 Å². The van der Waals surface area contributed by atoms with Crippen molar-refractivity contribution in [2.75, 3.05) is 20.3 Å². The van der Waals surface area contributed by atoms with Crippen LogP contribution in [0.25, 0.3) is 0 Å². The molecule has 1 saturated heterocycles. The van der Waals surface area contributed by atoms with Gasteiger partial charge in [-0.05, 0) is 6.42 Å². The summed E-state index contributed by atoms with van der Waals surface area (Å²) < 4.78 is 49.4. The molecule has 2 fully saturated rings. The zero-order chi connectivity index (χ0) is 34.0. The Kier molecular flexibility index (Phi) is 14.1. The maximum atomic E-state index is 12.3. The summed E-state index contributed by atoms with van der Waals surface area (Å²) in [6.07, 6.45) is -9.01. The van der Waals surface area contributed by atoms with Crippen LogP contribution in [0.2, 0.25) is 0 Å². The Balaban J connectivity index is 2.70. The van der Waals surface area contributed by atoms with Gasteiger partial charge in [0.05, 0.1) is 12.6 Å². The van der Waals surface area contributed by atoms with Crippen LogP contribution in [0.5, 0.6) is 0 Å². The lowest BCUT2D eigenvalue weighted by molar-refractivity contribution is -0.281. The molecule has 1 N–H and O–H groups in total. The molecule has 0 aromatic carbocycles. The monoisotopic (exact) mass is 647 g/mol. The molecule has 45 heavy (non-hydrogen) atoms. The van der Waals surface area contributed by atoms with Crippen LogP contribution in [0.4, 0.5) is 0 Å². The highest BCUT2D eigenvalue weighted by atomic mass is 16.7. The number of methoxy groups -OCH3 is 1. The Labute approximate surface area is 259 Å². The van der Waals surface area contributed by atoms with Crippen LogP contribution in [-0.4, -0.2) is 117 Å². The van der Waals surface area contributed by atoms with Gasteiger partial charge in [0, 0.05) is 67.5 Å². The molecule has 1 aliphatic carbocycles. The molecule has 2 rings (SSSR count). The van der Waals surface area contributed by atoms with Crippen molar-refractivity contribution >= 4 is 41.8 Å². The molecule has 0 spiro atoms. The van der Waals surface area contributed by atoms with E-state index >= 15 is 0 Å². The third-order valence-electron chi connectivity index (χ3n) is 6.82. The first kappa shape index (κ1) is 37.4. The number of nitrogens with one attached hydrogen (secondary N) is 1. The van der Waals surface area contributed by atoms with E-state index in [1.807, 2.05) is 0 Å². The van der Waals surface area contributed by atoms with Crippen molar-refractivity contribution in [3.8, 4) is 0 Å². The highest BCUT2D eigenvalue weighted by Crippen LogP contribution is 2.35. The summed E-state index contributed by atoms with van der Waals surface area (Å²) in [4.78, 5) is 84.5. The molecule has 17 heteroatoms. The smallest absolute Gasteiger partial charge is 0.303 e. The second-order valence-corrected chi connectivity index (χ2v) is 10.5. The van der Waals surface area contributed by atoms with Crippen LogP contribution >= 0.6 is 0 Å². The first-order valence-corrected chi connectivity index (χ1v) is 14.1. The molecule has 0 aromatic heterocycles. The van der Waals surface area contributed by atoms with E-state index in [-0.39, 0.29) is 13.0 Å². The van der Waals surface area contributed by atoms with Crippen molar-refractivity contribution in [1.29, 1.82) is 0 Å². The summed E-state index contributed by atoms with van der Waals surface area (Å²) >= 11 is 0. The van der Waals surface area contributed by atoms with E-state index in [2.05, 4.69) is 5.32 Å². The van der Waals surface area contributed by atoms with Crippen LogP contribution in [0.1, 0.15) is 54.9 Å². The fourth-order valence-corrected chi connectivity index (χ4v) is 5.39. The predicted octanol–water partition coefficient (Wildman–Crippen LogP) is -0.511. The standard InChI is InChI=1S/C28H41NO16/c1-12(30)38-10-19-9-20(24(41-15(4)33)27(44-18(7)36)23(19)40-14(3)32)29-22-25(42-16(5)34)21(11-39-13(2)31)45-28(37-8)26(22)43-17(6)35/h19-29H,9-11H2,1-8H3/t19-,20+,21-,22-,23-,24+,25+,26-,27+,28+/m1/s1. The van der Waals surface area contributed by atoms with E-state index in [9.17, 15) is 33.6 Å². The minimum Gasteiger partial charge on any atom is -0.465 e. The Morgan fingerprint density at radius 3 is 1.51 bits per heavy atom. The molecule has 0 bridgehead atoms. The predicted molar refractivity (Wildman–Crippen MR) is 146 cm³/mol. The van der Waals surface area contributed by atoms with Gasteiger partial charge in [-0.1, -0.05) is 0 Å². The fraction of sp³-hybridized carbons (Fsp3) is 0.750. The first-order chi connectivity index (χ1) is 21.0. The van der Waals surface area contributed by atoms with Crippen LogP contribution in [-0.2, 0) is 76.2 Å². The van der Waals surface area contributed by atoms with Crippen molar-refractivity contribution < 1.29 is 76.2 Å². The second kappa shape index (κ2) is 17.0. The Morgan fingerprint density at radius 2 is 1.02 bits per heavy atom. The molecule has 1 saturated carbocycles. The minimum absolute atomic E-state index is 0.0376. The molecule has 0 amide bonds. The van der Waals surface area contributed by atoms with Gasteiger partial charge in [0.1, 0.15) is 18.8 Å². The van der Waals surface area contributed by atoms with E-state index in [4.69, 9.17) is 42.6 Å². The molecular formula is C28H41NO16. The molecule has 10 atom stereocenters. The zero-order valence-corrected chi connectivity index (χ0v) is 26.4. The van der Waals surface area contributed by atoms with Gasteiger partial charge in [-0.3, -0.25) is 33.6 Å². The van der Waals surface area contributed by atoms with E-state index in [0.717, 1.165) is 34.6 Å². The molecule has 0 radical (unpaired) electrons. The summed E-state index contributed by atoms with van der Waals surface area (Å²) in [6.45, 7) is 7.25. The average molecular weight is 648 g/mol. The third kappa shape index (κ3) is 11.2. The van der Waals surface area contributed by atoms with Crippen molar-refractivity contribution in [2.24, 2.45) is 5.92 Å². The van der Waals surface area contributed by atoms with Crippen LogP contribution < -0.4 is 5.32 Å². The number of hydrogen-bond acceptors (Lipinski definition) is 17. The highest BCUT2D eigenvalue weighted by molar-refractivity contribution is 5.69. The van der Waals surface area contributed by atoms with Crippen LogP contribution in [0, 0.1) is 5.92 Å². The van der Waals surface area contributed by atoms with E-state index in [0.29, 0.717) is 0 Å². The largest absolute Gasteiger partial charge is 0.465 e. The summed E-state index contributed by atoms with van der Waals surface area (Å²) in [6, 6.07) is -2.20. The van der Waals surface area contributed by atoms with E-state index in [1.54, 1.807) is 0 Å². The summed E-state index contributed by atoms with van der Waals surface area (Å²) in [5.41, 5.74) is 0. The normalized spacial score (nSPS) is 31.0. The molecule has 1 aliphatic heterocycles. The maximum Gasteiger partial charge on any atom is 0.303 e. The first-order valence-electron chi connectivity index (χ1n) is 14.1. The topological polar surface area (TPSA) is 215 Å². The lowest BCUT2D eigenvalue weighted by Crippen LogP contribution is -2.71. The molecule has 2 aliphatic rings. The number of carbonyl (C=O) groups is 7. The summed E-state index contributed by atoms with van der Waals surface area (Å²) in [7, 11) is 1.27. The third-order valence-corrected chi connectivity index (χ3v) is 6.82. The van der Waals surface area contributed by atoms with Gasteiger partial charge in [0.25, 0.3) is 0 Å². The molecule has 254 valence electrons. The lowest BCUT2D eigenvalue weighted by atomic mass is 9.78. The number of carbonyl (C=O) groups excluding carboxylic acids is 7.